The molecule has 0 saturated carbocycles. The molecule has 0 atom stereocenters. The number of benzene rings is 2. The number of hydrogen-bond donors (Lipinski definition) is 0. The Balaban J connectivity index is 1.84. The van der Waals surface area contributed by atoms with Gasteiger partial charge in [0, 0.05) is 11.1 Å². The van der Waals surface area contributed by atoms with E-state index in [1.165, 1.54) is 17.5 Å². The van der Waals surface area contributed by atoms with Gasteiger partial charge in [-0.2, -0.15) is 0 Å². The van der Waals surface area contributed by atoms with Crippen LogP contribution in [0.25, 0.3) is 0 Å². The number of rotatable bonds is 4. The van der Waals surface area contributed by atoms with Crippen LogP contribution in [0.4, 0.5) is 0 Å². The Hall–Kier alpha value is -2.09. The van der Waals surface area contributed by atoms with Crippen molar-refractivity contribution in [2.75, 3.05) is 6.61 Å². The number of hydrogen-bond acceptors (Lipinski definition) is 2. The van der Waals surface area contributed by atoms with E-state index < -0.39 is 0 Å². The Morgan fingerprint density at radius 2 is 1.70 bits per heavy atom. The van der Waals surface area contributed by atoms with Gasteiger partial charge in [-0.25, -0.2) is 0 Å². The second-order valence-electron chi connectivity index (χ2n) is 5.12. The third kappa shape index (κ3) is 2.46. The van der Waals surface area contributed by atoms with Crippen molar-refractivity contribution in [3.05, 3.63) is 64.7 Å². The van der Waals surface area contributed by atoms with Gasteiger partial charge in [-0.1, -0.05) is 12.1 Å². The summed E-state index contributed by atoms with van der Waals surface area (Å²) in [5.41, 5.74) is 4.23. The molecule has 0 amide bonds. The number of ketones is 1. The molecule has 0 aromatic heterocycles. The molecule has 2 heteroatoms. The van der Waals surface area contributed by atoms with Gasteiger partial charge >= 0.3 is 0 Å². The van der Waals surface area contributed by atoms with Gasteiger partial charge in [-0.05, 0) is 67.6 Å². The molecule has 0 N–H and O–H groups in total. The highest BCUT2D eigenvalue weighted by Gasteiger charge is 2.15. The van der Waals surface area contributed by atoms with Crippen molar-refractivity contribution >= 4 is 5.78 Å². The minimum Gasteiger partial charge on any atom is -0.494 e. The quantitative estimate of drug-likeness (QED) is 0.787. The summed E-state index contributed by atoms with van der Waals surface area (Å²) < 4.78 is 5.40. The van der Waals surface area contributed by atoms with Crippen molar-refractivity contribution in [3.8, 4) is 5.75 Å². The Morgan fingerprint density at radius 1 is 1.00 bits per heavy atom. The summed E-state index contributed by atoms with van der Waals surface area (Å²) in [5, 5.41) is 0. The maximum Gasteiger partial charge on any atom is 0.193 e. The maximum absolute atomic E-state index is 12.5. The van der Waals surface area contributed by atoms with Crippen LogP contribution in [0.1, 0.15) is 40.4 Å². The smallest absolute Gasteiger partial charge is 0.193 e. The van der Waals surface area contributed by atoms with Crippen LogP contribution in [0.15, 0.2) is 42.5 Å². The predicted molar refractivity (Wildman–Crippen MR) is 79.5 cm³/mol. The zero-order valence-corrected chi connectivity index (χ0v) is 11.7. The zero-order chi connectivity index (χ0) is 13.9. The molecule has 20 heavy (non-hydrogen) atoms. The van der Waals surface area contributed by atoms with Crippen molar-refractivity contribution in [2.24, 2.45) is 0 Å². The van der Waals surface area contributed by atoms with Crippen LogP contribution in [0.2, 0.25) is 0 Å². The van der Waals surface area contributed by atoms with E-state index in [4.69, 9.17) is 4.74 Å². The molecule has 2 aromatic rings. The van der Waals surface area contributed by atoms with Crippen LogP contribution in [-0.4, -0.2) is 12.4 Å². The topological polar surface area (TPSA) is 26.3 Å². The van der Waals surface area contributed by atoms with Crippen molar-refractivity contribution < 1.29 is 9.53 Å². The van der Waals surface area contributed by atoms with Crippen LogP contribution in [0.3, 0.4) is 0 Å². The Labute approximate surface area is 119 Å². The van der Waals surface area contributed by atoms with Crippen LogP contribution in [0.5, 0.6) is 5.75 Å². The summed E-state index contributed by atoms with van der Waals surface area (Å²) in [6.07, 6.45) is 3.45. The van der Waals surface area contributed by atoms with E-state index in [1.54, 1.807) is 0 Å². The lowest BCUT2D eigenvalue weighted by atomic mass is 9.99. The second kappa shape index (κ2) is 5.49. The molecule has 0 bridgehead atoms. The molecule has 0 spiro atoms. The minimum atomic E-state index is 0.0859. The molecule has 102 valence electrons. The predicted octanol–water partition coefficient (Wildman–Crippen LogP) is 3.81. The molecule has 0 unspecified atom stereocenters. The molecule has 0 heterocycles. The molecule has 0 fully saturated rings. The van der Waals surface area contributed by atoms with Gasteiger partial charge in [-0.15, -0.1) is 0 Å². The molecule has 1 aliphatic carbocycles. The third-order valence-electron chi connectivity index (χ3n) is 3.79. The highest BCUT2D eigenvalue weighted by Crippen LogP contribution is 2.24. The van der Waals surface area contributed by atoms with Gasteiger partial charge in [0.05, 0.1) is 6.61 Å². The van der Waals surface area contributed by atoms with Crippen LogP contribution in [0, 0.1) is 0 Å². The third-order valence-corrected chi connectivity index (χ3v) is 3.79. The average Bonchev–Trinajstić information content (AvgIpc) is 2.95. The normalized spacial score (nSPS) is 13.1. The monoisotopic (exact) mass is 266 g/mol. The molecule has 0 aliphatic heterocycles. The molecule has 1 aliphatic rings. The van der Waals surface area contributed by atoms with Crippen molar-refractivity contribution in [1.82, 2.24) is 0 Å². The van der Waals surface area contributed by atoms with Gasteiger partial charge in [0.1, 0.15) is 5.75 Å². The fourth-order valence-electron chi connectivity index (χ4n) is 2.75. The lowest BCUT2D eigenvalue weighted by Crippen LogP contribution is -2.02. The van der Waals surface area contributed by atoms with E-state index in [2.05, 4.69) is 12.1 Å². The number of carbonyl (C=O) groups is 1. The van der Waals surface area contributed by atoms with Gasteiger partial charge < -0.3 is 4.74 Å². The van der Waals surface area contributed by atoms with E-state index in [9.17, 15) is 4.79 Å². The summed E-state index contributed by atoms with van der Waals surface area (Å²) in [5.74, 6) is 0.890. The van der Waals surface area contributed by atoms with E-state index in [1.807, 2.05) is 37.3 Å². The Morgan fingerprint density at radius 3 is 2.45 bits per heavy atom. The van der Waals surface area contributed by atoms with Gasteiger partial charge in [0.2, 0.25) is 0 Å². The lowest BCUT2D eigenvalue weighted by molar-refractivity contribution is 0.103. The van der Waals surface area contributed by atoms with Crippen LogP contribution in [-0.2, 0) is 12.8 Å². The summed E-state index contributed by atoms with van der Waals surface area (Å²) in [6.45, 7) is 2.59. The summed E-state index contributed by atoms with van der Waals surface area (Å²) in [7, 11) is 0. The Bertz CT molecular complexity index is 626. The fourth-order valence-corrected chi connectivity index (χ4v) is 2.75. The highest BCUT2D eigenvalue weighted by atomic mass is 16.5. The van der Waals surface area contributed by atoms with Crippen molar-refractivity contribution in [3.63, 3.8) is 0 Å². The van der Waals surface area contributed by atoms with E-state index in [0.717, 1.165) is 24.2 Å². The molecule has 2 nitrogen and oxygen atoms in total. The Kier molecular flexibility index (Phi) is 3.55. The zero-order valence-electron chi connectivity index (χ0n) is 11.7. The van der Waals surface area contributed by atoms with E-state index in [0.29, 0.717) is 12.2 Å². The van der Waals surface area contributed by atoms with Gasteiger partial charge in [0.15, 0.2) is 5.78 Å². The molecule has 3 rings (SSSR count). The number of carbonyl (C=O) groups excluding carboxylic acids is 1. The molecule has 0 radical (unpaired) electrons. The van der Waals surface area contributed by atoms with Crippen molar-refractivity contribution in [2.45, 2.75) is 26.2 Å². The van der Waals surface area contributed by atoms with Gasteiger partial charge in [0.25, 0.3) is 0 Å². The molecule has 2 aromatic carbocycles. The first-order chi connectivity index (χ1) is 9.78. The second-order valence-corrected chi connectivity index (χ2v) is 5.12. The summed E-state index contributed by atoms with van der Waals surface area (Å²) in [4.78, 5) is 12.5. The molecular weight excluding hydrogens is 248 g/mol. The SMILES string of the molecule is CCOc1ccc(C(=O)c2ccc3c(c2)CCC3)cc1. The number of ether oxygens (including phenoxy) is 1. The van der Waals surface area contributed by atoms with Crippen molar-refractivity contribution in [1.29, 1.82) is 0 Å². The largest absolute Gasteiger partial charge is 0.494 e. The number of aryl methyl sites for hydroxylation is 2. The highest BCUT2D eigenvalue weighted by molar-refractivity contribution is 6.09. The maximum atomic E-state index is 12.5. The van der Waals surface area contributed by atoms with E-state index in [-0.39, 0.29) is 5.78 Å². The van der Waals surface area contributed by atoms with E-state index >= 15 is 0 Å². The molecular formula is C18H18O2. The minimum absolute atomic E-state index is 0.0859. The fraction of sp³-hybridized carbons (Fsp3) is 0.278. The summed E-state index contributed by atoms with van der Waals surface area (Å²) >= 11 is 0. The standard InChI is InChI=1S/C18H18O2/c1-2-20-17-10-8-14(9-11-17)18(19)16-7-6-13-4-3-5-15(13)12-16/h6-12H,2-5H2,1H3. The first-order valence-electron chi connectivity index (χ1n) is 7.17. The van der Waals surface area contributed by atoms with Crippen LogP contribution < -0.4 is 4.74 Å². The average molecular weight is 266 g/mol. The lowest BCUT2D eigenvalue weighted by Gasteiger charge is -2.06. The molecule has 0 saturated heterocycles. The first kappa shape index (κ1) is 12.9. The van der Waals surface area contributed by atoms with Gasteiger partial charge in [-0.3, -0.25) is 4.79 Å². The van der Waals surface area contributed by atoms with Crippen LogP contribution >= 0.6 is 0 Å². The summed E-state index contributed by atoms with van der Waals surface area (Å²) in [6, 6.07) is 13.5. The first-order valence-corrected chi connectivity index (χ1v) is 7.17. The number of fused-ring (bicyclic) bond motifs is 1.